The summed E-state index contributed by atoms with van der Waals surface area (Å²) in [5, 5.41) is 6.65. The van der Waals surface area contributed by atoms with Crippen molar-refractivity contribution in [3.05, 3.63) is 24.3 Å². The lowest BCUT2D eigenvalue weighted by Gasteiger charge is -2.14. The Kier molecular flexibility index (Phi) is 17.9. The van der Waals surface area contributed by atoms with Gasteiger partial charge in [0.25, 0.3) is 0 Å². The third-order valence-electron chi connectivity index (χ3n) is 3.69. The zero-order valence-electron chi connectivity index (χ0n) is 17.5. The van der Waals surface area contributed by atoms with Crippen LogP contribution in [0.5, 0.6) is 5.75 Å². The van der Waals surface area contributed by atoms with Crippen LogP contribution in [-0.2, 0) is 9.47 Å². The molecule has 1 atom stereocenters. The van der Waals surface area contributed by atoms with Gasteiger partial charge in [-0.1, -0.05) is 19.1 Å². The minimum Gasteiger partial charge on any atom is -0.496 e. The van der Waals surface area contributed by atoms with Crippen molar-refractivity contribution < 1.29 is 14.2 Å². The molecular weight excluding hydrogens is 489 g/mol. The van der Waals surface area contributed by atoms with Crippen molar-refractivity contribution >= 4 is 41.7 Å². The maximum absolute atomic E-state index is 5.47. The molecule has 6 nitrogen and oxygen atoms in total. The summed E-state index contributed by atoms with van der Waals surface area (Å²) >= 11 is 1.81. The monoisotopic (exact) mass is 525 g/mol. The number of nitrogens with one attached hydrogen (secondary N) is 2. The number of ether oxygens (including phenoxy) is 3. The largest absolute Gasteiger partial charge is 0.496 e. The van der Waals surface area contributed by atoms with Gasteiger partial charge in [0.05, 0.1) is 20.3 Å². The highest BCUT2D eigenvalue weighted by Crippen LogP contribution is 2.29. The van der Waals surface area contributed by atoms with E-state index >= 15 is 0 Å². The van der Waals surface area contributed by atoms with Crippen LogP contribution < -0.4 is 15.4 Å². The standard InChI is InChI=1S/C20H35N3O3S.HI/c1-5-21-20(22-11-8-12-26-14-13-24-3)23-15-17(2)16-27-19-10-7-6-9-18(19)25-4;/h6-7,9-10,17H,5,8,11-16H2,1-4H3,(H2,21,22,23);1H. The van der Waals surface area contributed by atoms with E-state index in [1.165, 1.54) is 4.90 Å². The lowest BCUT2D eigenvalue weighted by atomic mass is 10.2. The van der Waals surface area contributed by atoms with Crippen molar-refractivity contribution in [2.24, 2.45) is 10.9 Å². The van der Waals surface area contributed by atoms with Gasteiger partial charge in [0.1, 0.15) is 5.75 Å². The molecular formula is C20H36IN3O3S. The van der Waals surface area contributed by atoms with Gasteiger partial charge >= 0.3 is 0 Å². The first-order valence-electron chi connectivity index (χ1n) is 9.55. The fraction of sp³-hybridized carbons (Fsp3) is 0.650. The van der Waals surface area contributed by atoms with Crippen LogP contribution in [-0.4, -0.2) is 65.4 Å². The summed E-state index contributed by atoms with van der Waals surface area (Å²) in [5.41, 5.74) is 0. The summed E-state index contributed by atoms with van der Waals surface area (Å²) in [5.74, 6) is 3.26. The minimum atomic E-state index is 0. The van der Waals surface area contributed by atoms with Crippen molar-refractivity contribution in [2.45, 2.75) is 25.2 Å². The molecule has 1 aromatic rings. The molecule has 1 aromatic carbocycles. The highest BCUT2D eigenvalue weighted by molar-refractivity contribution is 14.0. The van der Waals surface area contributed by atoms with Crippen molar-refractivity contribution in [3.63, 3.8) is 0 Å². The van der Waals surface area contributed by atoms with Crippen LogP contribution in [0.25, 0.3) is 0 Å². The summed E-state index contributed by atoms with van der Waals surface area (Å²) in [6, 6.07) is 8.13. The lowest BCUT2D eigenvalue weighted by molar-refractivity contribution is 0.0698. The van der Waals surface area contributed by atoms with Crippen LogP contribution in [0.3, 0.4) is 0 Å². The average molecular weight is 525 g/mol. The first-order chi connectivity index (χ1) is 13.2. The van der Waals surface area contributed by atoms with Crippen molar-refractivity contribution in [2.75, 3.05) is 59.4 Å². The Morgan fingerprint density at radius 1 is 1.14 bits per heavy atom. The quantitative estimate of drug-likeness (QED) is 0.127. The van der Waals surface area contributed by atoms with Gasteiger partial charge in [0.15, 0.2) is 5.96 Å². The van der Waals surface area contributed by atoms with Gasteiger partial charge in [-0.15, -0.1) is 35.7 Å². The molecule has 8 heteroatoms. The molecule has 0 saturated carbocycles. The number of halogens is 1. The first-order valence-corrected chi connectivity index (χ1v) is 10.5. The van der Waals surface area contributed by atoms with Crippen LogP contribution in [0, 0.1) is 5.92 Å². The van der Waals surface area contributed by atoms with Gasteiger partial charge in [-0.05, 0) is 31.4 Å². The number of para-hydroxylation sites is 1. The molecule has 0 amide bonds. The van der Waals surface area contributed by atoms with E-state index in [0.29, 0.717) is 19.1 Å². The van der Waals surface area contributed by atoms with Crippen molar-refractivity contribution in [1.82, 2.24) is 10.6 Å². The van der Waals surface area contributed by atoms with Crippen molar-refractivity contribution in [3.8, 4) is 5.75 Å². The van der Waals surface area contributed by atoms with Crippen LogP contribution in [0.15, 0.2) is 34.2 Å². The zero-order valence-corrected chi connectivity index (χ0v) is 20.7. The van der Waals surface area contributed by atoms with Gasteiger partial charge in [0, 0.05) is 44.0 Å². The van der Waals surface area contributed by atoms with E-state index < -0.39 is 0 Å². The molecule has 28 heavy (non-hydrogen) atoms. The van der Waals surface area contributed by atoms with E-state index in [2.05, 4.69) is 30.5 Å². The molecule has 0 aliphatic carbocycles. The molecule has 0 heterocycles. The molecule has 0 bridgehead atoms. The van der Waals surface area contributed by atoms with Crippen molar-refractivity contribution in [1.29, 1.82) is 0 Å². The zero-order chi connectivity index (χ0) is 19.7. The Morgan fingerprint density at radius 2 is 1.93 bits per heavy atom. The average Bonchev–Trinajstić information content (AvgIpc) is 2.69. The predicted molar refractivity (Wildman–Crippen MR) is 130 cm³/mol. The summed E-state index contributed by atoms with van der Waals surface area (Å²) < 4.78 is 15.8. The Bertz CT molecular complexity index is 535. The van der Waals surface area contributed by atoms with Crippen LogP contribution >= 0.6 is 35.7 Å². The molecule has 162 valence electrons. The highest BCUT2D eigenvalue weighted by atomic mass is 127. The molecule has 1 unspecified atom stereocenters. The summed E-state index contributed by atoms with van der Waals surface area (Å²) in [6.07, 6.45) is 0.938. The molecule has 0 saturated heterocycles. The lowest BCUT2D eigenvalue weighted by Crippen LogP contribution is -2.38. The summed E-state index contributed by atoms with van der Waals surface area (Å²) in [4.78, 5) is 5.88. The number of benzene rings is 1. The van der Waals surface area contributed by atoms with E-state index in [9.17, 15) is 0 Å². The van der Waals surface area contributed by atoms with E-state index in [1.807, 2.05) is 30.0 Å². The molecule has 0 spiro atoms. The molecule has 2 N–H and O–H groups in total. The number of aliphatic imine (C=N–C) groups is 1. The Morgan fingerprint density at radius 3 is 2.64 bits per heavy atom. The van der Waals surface area contributed by atoms with Gasteiger partial charge in [-0.2, -0.15) is 0 Å². The van der Waals surface area contributed by atoms with Gasteiger partial charge in [0.2, 0.25) is 0 Å². The van der Waals surface area contributed by atoms with Gasteiger partial charge in [-0.25, -0.2) is 0 Å². The second-order valence-electron chi connectivity index (χ2n) is 6.17. The van der Waals surface area contributed by atoms with Gasteiger partial charge in [-0.3, -0.25) is 4.99 Å². The van der Waals surface area contributed by atoms with E-state index in [-0.39, 0.29) is 24.0 Å². The maximum atomic E-state index is 5.47. The number of thioether (sulfide) groups is 1. The highest BCUT2D eigenvalue weighted by Gasteiger charge is 2.07. The van der Waals surface area contributed by atoms with E-state index in [4.69, 9.17) is 19.2 Å². The Balaban J connectivity index is 0.00000729. The number of hydrogen-bond donors (Lipinski definition) is 2. The Hall–Kier alpha value is -0.710. The minimum absolute atomic E-state index is 0. The second kappa shape index (κ2) is 18.3. The Labute approximate surface area is 191 Å². The van der Waals surface area contributed by atoms with Gasteiger partial charge < -0.3 is 24.8 Å². The molecule has 0 radical (unpaired) electrons. The third-order valence-corrected chi connectivity index (χ3v) is 5.07. The molecule has 1 rings (SSSR count). The normalized spacial score (nSPS) is 12.2. The number of rotatable bonds is 14. The number of nitrogens with zero attached hydrogens (tertiary/aromatic N) is 1. The van der Waals surface area contributed by atoms with Crippen LogP contribution in [0.2, 0.25) is 0 Å². The predicted octanol–water partition coefficient (Wildman–Crippen LogP) is 3.65. The van der Waals surface area contributed by atoms with Crippen LogP contribution in [0.1, 0.15) is 20.3 Å². The number of hydrogen-bond acceptors (Lipinski definition) is 5. The summed E-state index contributed by atoms with van der Waals surface area (Å²) in [7, 11) is 3.39. The van der Waals surface area contributed by atoms with E-state index in [0.717, 1.165) is 50.1 Å². The SMILES string of the molecule is CCNC(=NCC(C)CSc1ccccc1OC)NCCCOCCOC.I. The van der Waals surface area contributed by atoms with E-state index in [1.54, 1.807) is 14.2 Å². The maximum Gasteiger partial charge on any atom is 0.191 e. The molecule has 0 aliphatic heterocycles. The first kappa shape index (κ1) is 27.3. The van der Waals surface area contributed by atoms with Crippen LogP contribution in [0.4, 0.5) is 0 Å². The summed E-state index contributed by atoms with van der Waals surface area (Å²) in [6.45, 7) is 8.77. The molecule has 0 fully saturated rings. The topological polar surface area (TPSA) is 64.1 Å². The fourth-order valence-corrected chi connectivity index (χ4v) is 3.27. The smallest absolute Gasteiger partial charge is 0.191 e. The number of methoxy groups -OCH3 is 2. The molecule has 0 aromatic heterocycles. The third kappa shape index (κ3) is 12.7. The fourth-order valence-electron chi connectivity index (χ4n) is 2.24. The second-order valence-corrected chi connectivity index (χ2v) is 7.23. The molecule has 0 aliphatic rings. The number of guanidine groups is 1.